The highest BCUT2D eigenvalue weighted by Gasteiger charge is 2.22. The molecule has 0 spiro atoms. The summed E-state index contributed by atoms with van der Waals surface area (Å²) in [7, 11) is 0. The molecular formula is C57H36N4O. The van der Waals surface area contributed by atoms with Gasteiger partial charge in [0, 0.05) is 38.5 Å². The van der Waals surface area contributed by atoms with Gasteiger partial charge in [-0.25, -0.2) is 15.0 Å². The number of rotatable bonds is 7. The van der Waals surface area contributed by atoms with Crippen molar-refractivity contribution in [2.24, 2.45) is 0 Å². The van der Waals surface area contributed by atoms with Crippen molar-refractivity contribution in [1.82, 2.24) is 19.5 Å². The van der Waals surface area contributed by atoms with E-state index in [1.807, 2.05) is 60.7 Å². The Hall–Kier alpha value is -8.41. The Labute approximate surface area is 357 Å². The first-order valence-corrected chi connectivity index (χ1v) is 20.9. The molecule has 12 rings (SSSR count). The van der Waals surface area contributed by atoms with Gasteiger partial charge in [0.15, 0.2) is 17.5 Å². The summed E-state index contributed by atoms with van der Waals surface area (Å²) in [5, 5.41) is 4.55. The number of para-hydroxylation sites is 2. The zero-order valence-electron chi connectivity index (χ0n) is 33.5. The minimum Gasteiger partial charge on any atom is -0.456 e. The third-order valence-corrected chi connectivity index (χ3v) is 11.9. The number of nitrogens with zero attached hydrogens (tertiary/aromatic N) is 4. The third-order valence-electron chi connectivity index (χ3n) is 11.9. The minimum atomic E-state index is 0.588. The van der Waals surface area contributed by atoms with E-state index in [1.165, 1.54) is 10.8 Å². The van der Waals surface area contributed by atoms with Crippen molar-refractivity contribution >= 4 is 43.7 Å². The largest absolute Gasteiger partial charge is 0.456 e. The highest BCUT2D eigenvalue weighted by Crippen LogP contribution is 2.44. The standard InChI is InChI=1S/C57H36N4O/c1-5-17-37(18-6-1)43-25-13-14-26-44(43)40-29-31-45(49(35-40)57-59-55(38-19-7-2-8-20-38)58-56(60-57)39-21-9-3-10-22-39)41-30-32-48-52(36-41)62-51-34-33-47-46-27-15-16-28-50(46)61(54(47)53(48)51)42-23-11-4-12-24-42/h1-36H. The average Bonchev–Trinajstić information content (AvgIpc) is 3.90. The van der Waals surface area contributed by atoms with Gasteiger partial charge in [0.25, 0.3) is 0 Å². The van der Waals surface area contributed by atoms with Crippen molar-refractivity contribution in [3.05, 3.63) is 218 Å². The van der Waals surface area contributed by atoms with Gasteiger partial charge >= 0.3 is 0 Å². The number of furan rings is 1. The summed E-state index contributed by atoms with van der Waals surface area (Å²) in [6.07, 6.45) is 0. The van der Waals surface area contributed by atoms with Gasteiger partial charge in [0.2, 0.25) is 0 Å². The van der Waals surface area contributed by atoms with Crippen LogP contribution in [-0.2, 0) is 0 Å². The lowest BCUT2D eigenvalue weighted by Crippen LogP contribution is -2.01. The van der Waals surface area contributed by atoms with E-state index in [-0.39, 0.29) is 0 Å². The molecule has 3 heterocycles. The maximum atomic E-state index is 6.81. The Morgan fingerprint density at radius 2 is 0.839 bits per heavy atom. The van der Waals surface area contributed by atoms with Gasteiger partial charge in [-0.2, -0.15) is 0 Å². The molecule has 0 atom stereocenters. The molecule has 5 heteroatoms. The lowest BCUT2D eigenvalue weighted by Gasteiger charge is -2.16. The smallest absolute Gasteiger partial charge is 0.164 e. The minimum absolute atomic E-state index is 0.588. The second-order valence-electron chi connectivity index (χ2n) is 15.5. The van der Waals surface area contributed by atoms with E-state index in [2.05, 4.69) is 162 Å². The number of fused-ring (bicyclic) bond motifs is 7. The summed E-state index contributed by atoms with van der Waals surface area (Å²) in [5.41, 5.74) is 14.3. The molecule has 9 aromatic carbocycles. The summed E-state index contributed by atoms with van der Waals surface area (Å²) in [5.74, 6) is 1.81. The molecule has 0 N–H and O–H groups in total. The lowest BCUT2D eigenvalue weighted by atomic mass is 9.90. The van der Waals surface area contributed by atoms with Crippen LogP contribution < -0.4 is 0 Å². The summed E-state index contributed by atoms with van der Waals surface area (Å²) in [4.78, 5) is 15.5. The summed E-state index contributed by atoms with van der Waals surface area (Å²) in [6.45, 7) is 0. The van der Waals surface area contributed by atoms with Crippen molar-refractivity contribution in [3.63, 3.8) is 0 Å². The van der Waals surface area contributed by atoms with Crippen LogP contribution in [-0.4, -0.2) is 19.5 Å². The molecule has 0 radical (unpaired) electrons. The molecule has 0 aliphatic heterocycles. The zero-order chi connectivity index (χ0) is 41.0. The Morgan fingerprint density at radius 1 is 0.323 bits per heavy atom. The SMILES string of the molecule is c1ccc(-c2nc(-c3ccccc3)nc(-c3cc(-c4ccccc4-c4ccccc4)ccc3-c3ccc4c(c3)oc3ccc5c6ccccc6n(-c6ccccc6)c5c34)n2)cc1. The predicted octanol–water partition coefficient (Wildman–Crippen LogP) is 14.9. The van der Waals surface area contributed by atoms with Gasteiger partial charge in [-0.3, -0.25) is 0 Å². The van der Waals surface area contributed by atoms with E-state index in [4.69, 9.17) is 19.4 Å². The van der Waals surface area contributed by atoms with Crippen LogP contribution in [0.15, 0.2) is 223 Å². The molecular weight excluding hydrogens is 757 g/mol. The molecule has 0 saturated heterocycles. The molecule has 5 nitrogen and oxygen atoms in total. The molecule has 0 aliphatic carbocycles. The Bertz CT molecular complexity index is 3560. The van der Waals surface area contributed by atoms with Crippen LogP contribution in [0.5, 0.6) is 0 Å². The van der Waals surface area contributed by atoms with E-state index >= 15 is 0 Å². The van der Waals surface area contributed by atoms with Gasteiger partial charge in [0.05, 0.1) is 16.4 Å². The molecule has 3 aromatic heterocycles. The quantitative estimate of drug-likeness (QED) is 0.161. The van der Waals surface area contributed by atoms with Crippen LogP contribution in [0.3, 0.4) is 0 Å². The van der Waals surface area contributed by atoms with Gasteiger partial charge in [-0.05, 0) is 81.9 Å². The maximum absolute atomic E-state index is 6.81. The molecule has 0 unspecified atom stereocenters. The molecule has 0 bridgehead atoms. The first-order chi connectivity index (χ1) is 30.7. The second kappa shape index (κ2) is 14.7. The van der Waals surface area contributed by atoms with E-state index in [0.29, 0.717) is 17.5 Å². The molecule has 0 saturated carbocycles. The Morgan fingerprint density at radius 3 is 1.53 bits per heavy atom. The number of hydrogen-bond donors (Lipinski definition) is 0. The highest BCUT2D eigenvalue weighted by molar-refractivity contribution is 6.24. The Balaban J connectivity index is 1.10. The molecule has 62 heavy (non-hydrogen) atoms. The molecule has 12 aromatic rings. The van der Waals surface area contributed by atoms with Crippen LogP contribution in [0.2, 0.25) is 0 Å². The number of benzene rings is 9. The van der Waals surface area contributed by atoms with Gasteiger partial charge < -0.3 is 8.98 Å². The van der Waals surface area contributed by atoms with Gasteiger partial charge in [-0.15, -0.1) is 0 Å². The molecule has 0 amide bonds. The van der Waals surface area contributed by atoms with Crippen LogP contribution in [0.4, 0.5) is 0 Å². The van der Waals surface area contributed by atoms with Crippen LogP contribution in [0.25, 0.3) is 117 Å². The van der Waals surface area contributed by atoms with E-state index < -0.39 is 0 Å². The first kappa shape index (κ1) is 35.5. The van der Waals surface area contributed by atoms with E-state index in [0.717, 1.165) is 88.7 Å². The fourth-order valence-electron chi connectivity index (χ4n) is 9.01. The normalized spacial score (nSPS) is 11.5. The van der Waals surface area contributed by atoms with Crippen molar-refractivity contribution < 1.29 is 4.42 Å². The van der Waals surface area contributed by atoms with Crippen molar-refractivity contribution in [1.29, 1.82) is 0 Å². The fourth-order valence-corrected chi connectivity index (χ4v) is 9.01. The lowest BCUT2D eigenvalue weighted by molar-refractivity contribution is 0.669. The second-order valence-corrected chi connectivity index (χ2v) is 15.5. The summed E-state index contributed by atoms with van der Waals surface area (Å²) in [6, 6.07) is 76.2. The van der Waals surface area contributed by atoms with Crippen molar-refractivity contribution in [3.8, 4) is 73.2 Å². The molecule has 0 fully saturated rings. The molecule has 0 aliphatic rings. The highest BCUT2D eigenvalue weighted by atomic mass is 16.3. The average molecular weight is 793 g/mol. The van der Waals surface area contributed by atoms with Crippen LogP contribution in [0.1, 0.15) is 0 Å². The molecule has 290 valence electrons. The Kier molecular flexibility index (Phi) is 8.42. The van der Waals surface area contributed by atoms with Crippen LogP contribution in [0, 0.1) is 0 Å². The third kappa shape index (κ3) is 5.98. The first-order valence-electron chi connectivity index (χ1n) is 20.9. The van der Waals surface area contributed by atoms with Crippen molar-refractivity contribution in [2.75, 3.05) is 0 Å². The van der Waals surface area contributed by atoms with Crippen molar-refractivity contribution in [2.45, 2.75) is 0 Å². The van der Waals surface area contributed by atoms with Gasteiger partial charge in [0.1, 0.15) is 11.2 Å². The number of aromatic nitrogens is 4. The maximum Gasteiger partial charge on any atom is 0.164 e. The number of hydrogen-bond acceptors (Lipinski definition) is 4. The van der Waals surface area contributed by atoms with E-state index in [9.17, 15) is 0 Å². The van der Waals surface area contributed by atoms with Crippen LogP contribution >= 0.6 is 0 Å². The zero-order valence-corrected chi connectivity index (χ0v) is 33.5. The topological polar surface area (TPSA) is 56.7 Å². The fraction of sp³-hybridized carbons (Fsp3) is 0. The summed E-state index contributed by atoms with van der Waals surface area (Å²) < 4.78 is 9.18. The summed E-state index contributed by atoms with van der Waals surface area (Å²) >= 11 is 0. The van der Waals surface area contributed by atoms with E-state index in [1.54, 1.807) is 0 Å². The predicted molar refractivity (Wildman–Crippen MR) is 254 cm³/mol. The van der Waals surface area contributed by atoms with Gasteiger partial charge in [-0.1, -0.05) is 170 Å². The monoisotopic (exact) mass is 792 g/mol.